The lowest BCUT2D eigenvalue weighted by Gasteiger charge is -2.10. The Morgan fingerprint density at radius 2 is 1.52 bits per heavy atom. The summed E-state index contributed by atoms with van der Waals surface area (Å²) in [5, 5.41) is -0.779. The van der Waals surface area contributed by atoms with E-state index < -0.39 is 40.4 Å². The molecule has 0 saturated carbocycles. The van der Waals surface area contributed by atoms with Crippen LogP contribution in [0.15, 0.2) is 24.3 Å². The molecule has 2 nitrogen and oxygen atoms in total. The number of alkyl halides is 3. The Labute approximate surface area is 118 Å². The van der Waals surface area contributed by atoms with Crippen LogP contribution in [0.25, 0.3) is 11.1 Å². The Balaban J connectivity index is 2.45. The highest BCUT2D eigenvalue weighted by atomic mass is 35.5. The monoisotopic (exact) mass is 327 g/mol. The van der Waals surface area contributed by atoms with E-state index in [9.17, 15) is 26.3 Å². The van der Waals surface area contributed by atoms with E-state index in [1.165, 1.54) is 0 Å². The second-order valence-corrected chi connectivity index (χ2v) is 4.15. The zero-order chi connectivity index (χ0) is 15.8. The lowest BCUT2D eigenvalue weighted by molar-refractivity contribution is -0.274. The maximum absolute atomic E-state index is 13.6. The number of rotatable bonds is 2. The summed E-state index contributed by atoms with van der Waals surface area (Å²) in [6.45, 7) is 0. The molecular formula is C12H4ClF6NO. The minimum Gasteiger partial charge on any atom is -0.406 e. The first-order valence-corrected chi connectivity index (χ1v) is 5.63. The fourth-order valence-electron chi connectivity index (χ4n) is 1.56. The Hall–Kier alpha value is -1.96. The predicted molar refractivity (Wildman–Crippen MR) is 61.2 cm³/mol. The van der Waals surface area contributed by atoms with Crippen LogP contribution in [0.2, 0.25) is 5.02 Å². The van der Waals surface area contributed by atoms with Gasteiger partial charge in [-0.25, -0.2) is 4.39 Å². The molecule has 0 N–H and O–H groups in total. The molecule has 0 bridgehead atoms. The predicted octanol–water partition coefficient (Wildman–Crippen LogP) is 4.72. The highest BCUT2D eigenvalue weighted by molar-refractivity contribution is 6.33. The molecule has 0 amide bonds. The minimum absolute atomic E-state index is 0.132. The smallest absolute Gasteiger partial charge is 0.406 e. The molecule has 2 aromatic rings. The van der Waals surface area contributed by atoms with E-state index in [-0.39, 0.29) is 5.56 Å². The largest absolute Gasteiger partial charge is 0.573 e. The fraction of sp³-hybridized carbons (Fsp3) is 0.0833. The Morgan fingerprint density at radius 3 is 2.05 bits per heavy atom. The quantitative estimate of drug-likeness (QED) is 0.588. The SMILES string of the molecule is Fc1nc(F)c(Cl)c(-c2ccc(OC(F)(F)F)cc2)c1F. The standard InChI is InChI=1S/C12H4ClF6NO/c13-8-7(9(14)11(16)20-10(8)15)5-1-3-6(4-2-5)21-12(17,18)19/h1-4H. The molecule has 0 aliphatic carbocycles. The lowest BCUT2D eigenvalue weighted by Crippen LogP contribution is -2.16. The molecule has 1 heterocycles. The summed E-state index contributed by atoms with van der Waals surface area (Å²) in [4.78, 5) is 2.61. The van der Waals surface area contributed by atoms with E-state index in [0.717, 1.165) is 24.3 Å². The van der Waals surface area contributed by atoms with Crippen molar-refractivity contribution in [3.05, 3.63) is 47.0 Å². The Kier molecular flexibility index (Phi) is 3.99. The van der Waals surface area contributed by atoms with Crippen LogP contribution >= 0.6 is 11.6 Å². The molecular weight excluding hydrogens is 324 g/mol. The van der Waals surface area contributed by atoms with Crippen LogP contribution in [0.1, 0.15) is 0 Å². The van der Waals surface area contributed by atoms with Crippen molar-refractivity contribution in [2.45, 2.75) is 6.36 Å². The Morgan fingerprint density at radius 1 is 0.952 bits per heavy atom. The van der Waals surface area contributed by atoms with Crippen LogP contribution in [0.3, 0.4) is 0 Å². The summed E-state index contributed by atoms with van der Waals surface area (Å²) in [7, 11) is 0. The summed E-state index contributed by atoms with van der Waals surface area (Å²) in [6, 6.07) is 3.66. The van der Waals surface area contributed by atoms with Gasteiger partial charge in [-0.1, -0.05) is 23.7 Å². The second kappa shape index (κ2) is 5.44. The number of benzene rings is 1. The summed E-state index contributed by atoms with van der Waals surface area (Å²) in [5.74, 6) is -5.22. The first kappa shape index (κ1) is 15.4. The van der Waals surface area contributed by atoms with Gasteiger partial charge in [0.25, 0.3) is 5.95 Å². The molecule has 0 spiro atoms. The van der Waals surface area contributed by atoms with Crippen LogP contribution < -0.4 is 4.74 Å². The molecule has 2 rings (SSSR count). The van der Waals surface area contributed by atoms with Crippen molar-refractivity contribution < 1.29 is 31.1 Å². The van der Waals surface area contributed by atoms with Gasteiger partial charge in [-0.15, -0.1) is 13.2 Å². The van der Waals surface area contributed by atoms with Crippen LogP contribution in [-0.2, 0) is 0 Å². The third-order valence-electron chi connectivity index (χ3n) is 2.37. The topological polar surface area (TPSA) is 22.1 Å². The zero-order valence-corrected chi connectivity index (χ0v) is 10.6. The number of hydrogen-bond acceptors (Lipinski definition) is 2. The van der Waals surface area contributed by atoms with Gasteiger partial charge in [0.15, 0.2) is 5.82 Å². The highest BCUT2D eigenvalue weighted by Gasteiger charge is 2.31. The first-order chi connectivity index (χ1) is 9.69. The number of aromatic nitrogens is 1. The third kappa shape index (κ3) is 3.38. The van der Waals surface area contributed by atoms with Crippen molar-refractivity contribution in [1.82, 2.24) is 4.98 Å². The molecule has 0 unspecified atom stereocenters. The molecule has 0 saturated heterocycles. The molecule has 0 radical (unpaired) electrons. The van der Waals surface area contributed by atoms with Gasteiger partial charge in [-0.2, -0.15) is 13.8 Å². The summed E-state index contributed by atoms with van der Waals surface area (Å²) >= 11 is 5.50. The van der Waals surface area contributed by atoms with E-state index in [2.05, 4.69) is 9.72 Å². The van der Waals surface area contributed by atoms with Crippen molar-refractivity contribution in [3.63, 3.8) is 0 Å². The summed E-state index contributed by atoms with van der Waals surface area (Å²) < 4.78 is 79.4. The minimum atomic E-state index is -4.89. The molecule has 112 valence electrons. The molecule has 0 aliphatic heterocycles. The van der Waals surface area contributed by atoms with E-state index in [1.54, 1.807) is 0 Å². The maximum atomic E-state index is 13.6. The Bertz CT molecular complexity index is 645. The molecule has 9 heteroatoms. The summed E-state index contributed by atoms with van der Waals surface area (Å²) in [5.41, 5.74) is -0.771. The third-order valence-corrected chi connectivity index (χ3v) is 2.72. The van der Waals surface area contributed by atoms with Crippen molar-refractivity contribution in [1.29, 1.82) is 0 Å². The van der Waals surface area contributed by atoms with Crippen LogP contribution in [0.5, 0.6) is 5.75 Å². The molecule has 1 aromatic carbocycles. The van der Waals surface area contributed by atoms with Crippen LogP contribution in [0, 0.1) is 17.7 Å². The van der Waals surface area contributed by atoms with Crippen LogP contribution in [-0.4, -0.2) is 11.3 Å². The second-order valence-electron chi connectivity index (χ2n) is 3.77. The van der Waals surface area contributed by atoms with Crippen molar-refractivity contribution in [2.75, 3.05) is 0 Å². The van der Waals surface area contributed by atoms with Crippen molar-refractivity contribution >= 4 is 11.6 Å². The van der Waals surface area contributed by atoms with E-state index in [4.69, 9.17) is 11.6 Å². The average molecular weight is 328 g/mol. The van der Waals surface area contributed by atoms with Gasteiger partial charge in [0.2, 0.25) is 5.95 Å². The number of pyridine rings is 1. The normalized spacial score (nSPS) is 11.6. The van der Waals surface area contributed by atoms with E-state index in [1.807, 2.05) is 0 Å². The highest BCUT2D eigenvalue weighted by Crippen LogP contribution is 2.34. The number of ether oxygens (including phenoxy) is 1. The molecule has 0 fully saturated rings. The average Bonchev–Trinajstić information content (AvgIpc) is 2.37. The van der Waals surface area contributed by atoms with Gasteiger partial charge in [0, 0.05) is 5.56 Å². The van der Waals surface area contributed by atoms with Gasteiger partial charge in [-0.05, 0) is 17.7 Å². The van der Waals surface area contributed by atoms with Gasteiger partial charge in [-0.3, -0.25) is 0 Å². The molecule has 1 aromatic heterocycles. The molecule has 0 aliphatic rings. The fourth-order valence-corrected chi connectivity index (χ4v) is 1.80. The van der Waals surface area contributed by atoms with Gasteiger partial charge >= 0.3 is 6.36 Å². The van der Waals surface area contributed by atoms with E-state index >= 15 is 0 Å². The van der Waals surface area contributed by atoms with Gasteiger partial charge in [0.1, 0.15) is 10.8 Å². The molecule has 21 heavy (non-hydrogen) atoms. The zero-order valence-electron chi connectivity index (χ0n) is 9.81. The first-order valence-electron chi connectivity index (χ1n) is 5.25. The van der Waals surface area contributed by atoms with Crippen molar-refractivity contribution in [3.8, 4) is 16.9 Å². The van der Waals surface area contributed by atoms with Gasteiger partial charge in [0.05, 0.1) is 0 Å². The summed E-state index contributed by atoms with van der Waals surface area (Å²) in [6.07, 6.45) is -4.89. The number of nitrogens with zero attached hydrogens (tertiary/aromatic N) is 1. The number of hydrogen-bond donors (Lipinski definition) is 0. The number of halogens is 7. The molecule has 0 atom stereocenters. The van der Waals surface area contributed by atoms with Gasteiger partial charge < -0.3 is 4.74 Å². The maximum Gasteiger partial charge on any atom is 0.573 e. The van der Waals surface area contributed by atoms with E-state index in [0.29, 0.717) is 0 Å². The lowest BCUT2D eigenvalue weighted by atomic mass is 10.1. The van der Waals surface area contributed by atoms with Crippen molar-refractivity contribution in [2.24, 2.45) is 0 Å². The van der Waals surface area contributed by atoms with Crippen LogP contribution in [0.4, 0.5) is 26.3 Å².